The minimum Gasteiger partial charge on any atom is -0.486 e. The fourth-order valence-corrected chi connectivity index (χ4v) is 2.39. The molecule has 1 aromatic heterocycles. The molecular weight excluding hydrogens is 279 g/mol. The third-order valence-corrected chi connectivity index (χ3v) is 3.56. The number of benzene rings is 1. The maximum Gasteiger partial charge on any atom is 0.140 e. The monoisotopic (exact) mass is 296 g/mol. The lowest BCUT2D eigenvalue weighted by atomic mass is 10.3. The van der Waals surface area contributed by atoms with Crippen LogP contribution in [0.3, 0.4) is 0 Å². The van der Waals surface area contributed by atoms with E-state index in [1.165, 1.54) is 23.5 Å². The summed E-state index contributed by atoms with van der Waals surface area (Å²) in [5.74, 6) is 0.348. The number of nitrogens with zero attached hydrogens (tertiary/aromatic N) is 2. The zero-order chi connectivity index (χ0) is 14.4. The molecule has 2 rings (SSSR count). The molecule has 0 atom stereocenters. The van der Waals surface area contributed by atoms with Crippen LogP contribution in [0.5, 0.6) is 5.75 Å². The fraction of sp³-hybridized carbons (Fsp3) is 0.357. The summed E-state index contributed by atoms with van der Waals surface area (Å²) in [4.78, 5) is 6.46. The van der Waals surface area contributed by atoms with Crippen LogP contribution in [0.1, 0.15) is 10.7 Å². The average molecular weight is 296 g/mol. The molecule has 0 fully saturated rings. The van der Waals surface area contributed by atoms with Gasteiger partial charge in [-0.05, 0) is 31.3 Å². The SMILES string of the molecule is CN(CCO)Cc1csc(COc2ccc(F)cc2)n1. The van der Waals surface area contributed by atoms with Crippen molar-refractivity contribution in [2.75, 3.05) is 20.2 Å². The van der Waals surface area contributed by atoms with Crippen LogP contribution >= 0.6 is 11.3 Å². The summed E-state index contributed by atoms with van der Waals surface area (Å²) in [5, 5.41) is 11.7. The quantitative estimate of drug-likeness (QED) is 0.851. The Hall–Kier alpha value is -1.50. The number of aromatic nitrogens is 1. The van der Waals surface area contributed by atoms with E-state index >= 15 is 0 Å². The van der Waals surface area contributed by atoms with Gasteiger partial charge < -0.3 is 9.84 Å². The Bertz CT molecular complexity index is 530. The molecule has 1 N–H and O–H groups in total. The Morgan fingerprint density at radius 2 is 2.10 bits per heavy atom. The molecule has 20 heavy (non-hydrogen) atoms. The minimum atomic E-state index is -0.277. The third-order valence-electron chi connectivity index (χ3n) is 2.69. The van der Waals surface area contributed by atoms with Gasteiger partial charge in [0.05, 0.1) is 12.3 Å². The van der Waals surface area contributed by atoms with E-state index in [9.17, 15) is 4.39 Å². The van der Waals surface area contributed by atoms with E-state index in [4.69, 9.17) is 9.84 Å². The molecule has 0 radical (unpaired) electrons. The standard InChI is InChI=1S/C14H17FN2O2S/c1-17(6-7-18)8-12-10-20-14(16-12)9-19-13-4-2-11(15)3-5-13/h2-5,10,18H,6-9H2,1H3. The van der Waals surface area contributed by atoms with Crippen LogP contribution in [0.4, 0.5) is 4.39 Å². The largest absolute Gasteiger partial charge is 0.486 e. The highest BCUT2D eigenvalue weighted by atomic mass is 32.1. The molecule has 1 heterocycles. The summed E-state index contributed by atoms with van der Waals surface area (Å²) in [7, 11) is 1.93. The molecule has 1 aromatic carbocycles. The fourth-order valence-electron chi connectivity index (χ4n) is 1.69. The number of rotatable bonds is 7. The zero-order valence-corrected chi connectivity index (χ0v) is 12.1. The van der Waals surface area contributed by atoms with Gasteiger partial charge in [0, 0.05) is 18.5 Å². The van der Waals surface area contributed by atoms with Gasteiger partial charge in [-0.25, -0.2) is 9.37 Å². The lowest BCUT2D eigenvalue weighted by molar-refractivity contribution is 0.216. The van der Waals surface area contributed by atoms with Crippen molar-refractivity contribution in [3.05, 3.63) is 46.2 Å². The van der Waals surface area contributed by atoms with E-state index in [2.05, 4.69) is 4.98 Å². The molecule has 0 aliphatic heterocycles. The number of halogens is 1. The molecule has 0 aliphatic rings. The van der Waals surface area contributed by atoms with E-state index in [1.807, 2.05) is 17.3 Å². The zero-order valence-electron chi connectivity index (χ0n) is 11.3. The molecule has 4 nitrogen and oxygen atoms in total. The van der Waals surface area contributed by atoms with E-state index in [0.29, 0.717) is 25.4 Å². The highest BCUT2D eigenvalue weighted by Gasteiger charge is 2.06. The first-order valence-corrected chi connectivity index (χ1v) is 7.16. The van der Waals surface area contributed by atoms with Crippen molar-refractivity contribution >= 4 is 11.3 Å². The van der Waals surface area contributed by atoms with Crippen LogP contribution in [-0.2, 0) is 13.2 Å². The van der Waals surface area contributed by atoms with E-state index in [1.54, 1.807) is 12.1 Å². The van der Waals surface area contributed by atoms with Gasteiger partial charge in [0.2, 0.25) is 0 Å². The van der Waals surface area contributed by atoms with Gasteiger partial charge in [-0.1, -0.05) is 0 Å². The van der Waals surface area contributed by atoms with Gasteiger partial charge in [-0.2, -0.15) is 0 Å². The van der Waals surface area contributed by atoms with Crippen molar-refractivity contribution < 1.29 is 14.2 Å². The van der Waals surface area contributed by atoms with Gasteiger partial charge >= 0.3 is 0 Å². The third kappa shape index (κ3) is 4.56. The first kappa shape index (κ1) is 14.9. The maximum absolute atomic E-state index is 12.7. The van der Waals surface area contributed by atoms with Crippen LogP contribution in [0.25, 0.3) is 0 Å². The number of hydrogen-bond acceptors (Lipinski definition) is 5. The summed E-state index contributed by atoms with van der Waals surface area (Å²) < 4.78 is 18.3. The molecule has 0 aliphatic carbocycles. The topological polar surface area (TPSA) is 45.6 Å². The first-order valence-electron chi connectivity index (χ1n) is 6.28. The van der Waals surface area contributed by atoms with E-state index in [0.717, 1.165) is 10.7 Å². The summed E-state index contributed by atoms with van der Waals surface area (Å²) in [6.07, 6.45) is 0. The number of hydrogen-bond donors (Lipinski definition) is 1. The molecule has 108 valence electrons. The van der Waals surface area contributed by atoms with Crippen molar-refractivity contribution in [3.63, 3.8) is 0 Å². The molecule has 0 bridgehead atoms. The maximum atomic E-state index is 12.7. The highest BCUT2D eigenvalue weighted by Crippen LogP contribution is 2.16. The summed E-state index contributed by atoms with van der Waals surface area (Å²) in [6, 6.07) is 5.93. The second-order valence-electron chi connectivity index (χ2n) is 4.44. The van der Waals surface area contributed by atoms with Gasteiger partial charge in [0.25, 0.3) is 0 Å². The minimum absolute atomic E-state index is 0.140. The van der Waals surface area contributed by atoms with Crippen LogP contribution in [-0.4, -0.2) is 35.2 Å². The van der Waals surface area contributed by atoms with Crippen LogP contribution in [0.15, 0.2) is 29.6 Å². The second kappa shape index (κ2) is 7.33. The van der Waals surface area contributed by atoms with Crippen LogP contribution in [0.2, 0.25) is 0 Å². The number of thiazole rings is 1. The molecule has 6 heteroatoms. The molecular formula is C14H17FN2O2S. The van der Waals surface area contributed by atoms with Crippen molar-refractivity contribution in [2.24, 2.45) is 0 Å². The predicted molar refractivity (Wildman–Crippen MR) is 76.3 cm³/mol. The molecule has 0 amide bonds. The molecule has 2 aromatic rings. The molecule has 0 saturated heterocycles. The van der Waals surface area contributed by atoms with E-state index in [-0.39, 0.29) is 12.4 Å². The van der Waals surface area contributed by atoms with Crippen molar-refractivity contribution in [1.29, 1.82) is 0 Å². The lowest BCUT2D eigenvalue weighted by Crippen LogP contribution is -2.21. The van der Waals surface area contributed by atoms with E-state index < -0.39 is 0 Å². The predicted octanol–water partition coefficient (Wildman–Crippen LogP) is 2.29. The number of aliphatic hydroxyl groups excluding tert-OH is 1. The van der Waals surface area contributed by atoms with Crippen LogP contribution < -0.4 is 4.74 Å². The second-order valence-corrected chi connectivity index (χ2v) is 5.38. The Morgan fingerprint density at radius 3 is 2.80 bits per heavy atom. The Morgan fingerprint density at radius 1 is 1.35 bits per heavy atom. The summed E-state index contributed by atoms with van der Waals surface area (Å²) >= 11 is 1.53. The highest BCUT2D eigenvalue weighted by molar-refractivity contribution is 7.09. The number of aliphatic hydroxyl groups is 1. The van der Waals surface area contributed by atoms with Crippen LogP contribution in [0, 0.1) is 5.82 Å². The van der Waals surface area contributed by atoms with Crippen molar-refractivity contribution in [1.82, 2.24) is 9.88 Å². The van der Waals surface area contributed by atoms with Gasteiger partial charge in [-0.3, -0.25) is 4.90 Å². The van der Waals surface area contributed by atoms with Crippen molar-refractivity contribution in [2.45, 2.75) is 13.2 Å². The molecule has 0 saturated carbocycles. The summed E-state index contributed by atoms with van der Waals surface area (Å²) in [6.45, 7) is 1.84. The number of ether oxygens (including phenoxy) is 1. The van der Waals surface area contributed by atoms with Crippen molar-refractivity contribution in [3.8, 4) is 5.75 Å². The lowest BCUT2D eigenvalue weighted by Gasteiger charge is -2.12. The number of likely N-dealkylation sites (N-methyl/N-ethyl adjacent to an activating group) is 1. The smallest absolute Gasteiger partial charge is 0.140 e. The van der Waals surface area contributed by atoms with Gasteiger partial charge in [0.15, 0.2) is 0 Å². The average Bonchev–Trinajstić information content (AvgIpc) is 2.86. The summed E-state index contributed by atoms with van der Waals surface area (Å²) in [5.41, 5.74) is 0.962. The Kier molecular flexibility index (Phi) is 5.46. The molecule has 0 spiro atoms. The normalized spacial score (nSPS) is 11.0. The van der Waals surface area contributed by atoms with Gasteiger partial charge in [0.1, 0.15) is 23.2 Å². The van der Waals surface area contributed by atoms with Gasteiger partial charge in [-0.15, -0.1) is 11.3 Å². The molecule has 0 unspecified atom stereocenters. The first-order chi connectivity index (χ1) is 9.67. The Balaban J connectivity index is 1.85. The Labute approximate surface area is 121 Å².